The number of furan rings is 1. The topological polar surface area (TPSA) is 92.3 Å². The number of nitrogens with one attached hydrogen (secondary N) is 1. The van der Waals surface area contributed by atoms with Gasteiger partial charge < -0.3 is 13.8 Å². The molecule has 7 nitrogen and oxygen atoms in total. The number of aromatic nitrogens is 2. The fourth-order valence-corrected chi connectivity index (χ4v) is 5.02. The first-order chi connectivity index (χ1) is 14.5. The first-order valence-corrected chi connectivity index (χ1v) is 10.9. The zero-order chi connectivity index (χ0) is 20.8. The highest BCUT2D eigenvalue weighted by Crippen LogP contribution is 2.27. The van der Waals surface area contributed by atoms with Gasteiger partial charge in [-0.2, -0.15) is 0 Å². The lowest BCUT2D eigenvalue weighted by Crippen LogP contribution is -2.36. The van der Waals surface area contributed by atoms with Crippen molar-refractivity contribution in [1.82, 2.24) is 14.9 Å². The molecule has 4 aromatic rings. The van der Waals surface area contributed by atoms with E-state index in [2.05, 4.69) is 46.7 Å². The van der Waals surface area contributed by atoms with Crippen molar-refractivity contribution in [2.45, 2.75) is 19.5 Å². The van der Waals surface area contributed by atoms with Gasteiger partial charge in [0.1, 0.15) is 0 Å². The van der Waals surface area contributed by atoms with Crippen molar-refractivity contribution in [3.05, 3.63) is 83.1 Å². The van der Waals surface area contributed by atoms with Crippen molar-refractivity contribution in [3.63, 3.8) is 0 Å². The summed E-state index contributed by atoms with van der Waals surface area (Å²) < 4.78 is 12.6. The molecule has 1 aliphatic heterocycles. The van der Waals surface area contributed by atoms with Crippen LogP contribution in [0.15, 0.2) is 64.2 Å². The van der Waals surface area contributed by atoms with Gasteiger partial charge >= 0.3 is 0 Å². The Labute approximate surface area is 187 Å². The lowest BCUT2D eigenvalue weighted by atomic mass is 10.1. The fraction of sp³-hybridized carbons (Fsp3) is 0.190. The molecule has 0 bridgehead atoms. The molecule has 30 heavy (non-hydrogen) atoms. The number of hydrogen-bond donors (Lipinski definition) is 1. The van der Waals surface area contributed by atoms with E-state index in [1.54, 1.807) is 24.5 Å². The Morgan fingerprint density at radius 3 is 2.87 bits per heavy atom. The first kappa shape index (κ1) is 19.5. The van der Waals surface area contributed by atoms with Crippen molar-refractivity contribution >= 4 is 42.8 Å². The minimum absolute atomic E-state index is 0.0794. The highest BCUT2D eigenvalue weighted by molar-refractivity contribution is 9.11. The molecule has 0 atom stereocenters. The Morgan fingerprint density at radius 2 is 2.07 bits per heavy atom. The Kier molecular flexibility index (Phi) is 4.96. The molecule has 1 aliphatic rings. The predicted octanol–water partition coefficient (Wildman–Crippen LogP) is 4.22. The Bertz CT molecular complexity index is 1380. The Balaban J connectivity index is 1.44. The van der Waals surface area contributed by atoms with Gasteiger partial charge in [0.05, 0.1) is 33.6 Å². The van der Waals surface area contributed by atoms with Crippen LogP contribution in [0.1, 0.15) is 16.8 Å². The van der Waals surface area contributed by atoms with Crippen molar-refractivity contribution in [3.8, 4) is 11.6 Å². The Hall–Kier alpha value is -2.49. The molecule has 0 aliphatic carbocycles. The maximum absolute atomic E-state index is 13.0. The lowest BCUT2D eigenvalue weighted by molar-refractivity contribution is 0.239. The standard InChI is InChI=1S/C21H15Br2N3O4/c22-12-6-13-18(27)11(10-30-19(13)15(23)7-12)8-26-4-3-16-14(9-26)21(28)25-20(24-16)17-2-1-5-29-17/h1-2,5-7,10H,3-4,8-9H2,(H,24,25,28). The van der Waals surface area contributed by atoms with Gasteiger partial charge in [0.15, 0.2) is 22.6 Å². The van der Waals surface area contributed by atoms with E-state index in [1.807, 2.05) is 6.07 Å². The van der Waals surface area contributed by atoms with Gasteiger partial charge in [-0.3, -0.25) is 14.5 Å². The van der Waals surface area contributed by atoms with E-state index in [-0.39, 0.29) is 11.0 Å². The molecule has 0 saturated heterocycles. The summed E-state index contributed by atoms with van der Waals surface area (Å²) in [6.07, 6.45) is 3.66. The molecule has 4 heterocycles. The van der Waals surface area contributed by atoms with Crippen LogP contribution in [-0.2, 0) is 19.5 Å². The number of H-pyrrole nitrogens is 1. The third-order valence-electron chi connectivity index (χ3n) is 5.16. The van der Waals surface area contributed by atoms with Crippen LogP contribution < -0.4 is 11.0 Å². The van der Waals surface area contributed by atoms with Crippen LogP contribution in [0.4, 0.5) is 0 Å². The average molecular weight is 533 g/mol. The first-order valence-electron chi connectivity index (χ1n) is 9.27. The van der Waals surface area contributed by atoms with Crippen LogP contribution in [-0.4, -0.2) is 21.4 Å². The monoisotopic (exact) mass is 531 g/mol. The van der Waals surface area contributed by atoms with Gasteiger partial charge in [0, 0.05) is 36.1 Å². The van der Waals surface area contributed by atoms with E-state index in [0.717, 1.165) is 10.2 Å². The molecule has 0 spiro atoms. The van der Waals surface area contributed by atoms with E-state index in [0.29, 0.717) is 64.2 Å². The van der Waals surface area contributed by atoms with Crippen LogP contribution in [0.5, 0.6) is 0 Å². The number of benzene rings is 1. The van der Waals surface area contributed by atoms with Crippen molar-refractivity contribution in [2.75, 3.05) is 6.54 Å². The van der Waals surface area contributed by atoms with E-state index >= 15 is 0 Å². The summed E-state index contributed by atoms with van der Waals surface area (Å²) in [6.45, 7) is 1.48. The SMILES string of the molecule is O=c1[nH]c(-c2ccco2)nc2c1CN(Cc1coc3c(Br)cc(Br)cc3c1=O)CC2. The minimum Gasteiger partial charge on any atom is -0.463 e. The molecule has 5 rings (SSSR count). The van der Waals surface area contributed by atoms with Gasteiger partial charge in [-0.05, 0) is 40.2 Å². The fourth-order valence-electron chi connectivity index (χ4n) is 3.70. The van der Waals surface area contributed by atoms with E-state index in [9.17, 15) is 9.59 Å². The molecule has 0 amide bonds. The van der Waals surface area contributed by atoms with Crippen molar-refractivity contribution in [2.24, 2.45) is 0 Å². The van der Waals surface area contributed by atoms with Gasteiger partial charge in [0.25, 0.3) is 5.56 Å². The second kappa shape index (κ2) is 7.64. The van der Waals surface area contributed by atoms with E-state index in [1.165, 1.54) is 6.26 Å². The zero-order valence-corrected chi connectivity index (χ0v) is 18.7. The highest BCUT2D eigenvalue weighted by Gasteiger charge is 2.23. The summed E-state index contributed by atoms with van der Waals surface area (Å²) in [7, 11) is 0. The second-order valence-corrected chi connectivity index (χ2v) is 8.90. The van der Waals surface area contributed by atoms with Crippen molar-refractivity contribution in [1.29, 1.82) is 0 Å². The van der Waals surface area contributed by atoms with Crippen molar-refractivity contribution < 1.29 is 8.83 Å². The smallest absolute Gasteiger partial charge is 0.256 e. The summed E-state index contributed by atoms with van der Waals surface area (Å²) >= 11 is 6.84. The van der Waals surface area contributed by atoms with Crippen LogP contribution >= 0.6 is 31.9 Å². The minimum atomic E-state index is -0.186. The average Bonchev–Trinajstić information content (AvgIpc) is 3.26. The van der Waals surface area contributed by atoms with E-state index < -0.39 is 0 Å². The largest absolute Gasteiger partial charge is 0.463 e. The maximum atomic E-state index is 13.0. The molecule has 0 fully saturated rings. The van der Waals surface area contributed by atoms with Crippen LogP contribution in [0, 0.1) is 0 Å². The summed E-state index contributed by atoms with van der Waals surface area (Å²) in [4.78, 5) is 35.0. The van der Waals surface area contributed by atoms with Gasteiger partial charge in [-0.1, -0.05) is 15.9 Å². The van der Waals surface area contributed by atoms with Gasteiger partial charge in [-0.25, -0.2) is 4.98 Å². The molecule has 0 radical (unpaired) electrons. The van der Waals surface area contributed by atoms with Gasteiger partial charge in [0.2, 0.25) is 0 Å². The second-order valence-electron chi connectivity index (χ2n) is 7.13. The number of hydrogen-bond acceptors (Lipinski definition) is 6. The molecule has 3 aromatic heterocycles. The maximum Gasteiger partial charge on any atom is 0.256 e. The number of nitrogens with zero attached hydrogens (tertiary/aromatic N) is 2. The van der Waals surface area contributed by atoms with E-state index in [4.69, 9.17) is 8.83 Å². The summed E-state index contributed by atoms with van der Waals surface area (Å²) in [5.74, 6) is 0.965. The molecule has 0 unspecified atom stereocenters. The third-order valence-corrected chi connectivity index (χ3v) is 6.21. The molecule has 9 heteroatoms. The molecular weight excluding hydrogens is 518 g/mol. The zero-order valence-electron chi connectivity index (χ0n) is 15.6. The summed E-state index contributed by atoms with van der Waals surface area (Å²) in [5.41, 5.74) is 2.18. The number of fused-ring (bicyclic) bond motifs is 2. The molecule has 152 valence electrons. The van der Waals surface area contributed by atoms with Crippen LogP contribution in [0.25, 0.3) is 22.6 Å². The number of rotatable bonds is 3. The van der Waals surface area contributed by atoms with Crippen LogP contribution in [0.3, 0.4) is 0 Å². The number of aromatic amines is 1. The predicted molar refractivity (Wildman–Crippen MR) is 118 cm³/mol. The molecule has 0 saturated carbocycles. The summed E-state index contributed by atoms with van der Waals surface area (Å²) in [5, 5.41) is 0.508. The molecule has 1 aromatic carbocycles. The Morgan fingerprint density at radius 1 is 1.20 bits per heavy atom. The summed E-state index contributed by atoms with van der Waals surface area (Å²) in [6, 6.07) is 7.10. The molecule has 1 N–H and O–H groups in total. The third kappa shape index (κ3) is 3.46. The highest BCUT2D eigenvalue weighted by atomic mass is 79.9. The van der Waals surface area contributed by atoms with Gasteiger partial charge in [-0.15, -0.1) is 0 Å². The quantitative estimate of drug-likeness (QED) is 0.424. The molecular formula is C21H15Br2N3O4. The lowest BCUT2D eigenvalue weighted by Gasteiger charge is -2.27. The number of halogens is 2. The normalized spacial score (nSPS) is 14.2. The van der Waals surface area contributed by atoms with Crippen LogP contribution in [0.2, 0.25) is 0 Å².